The first-order valence-electron chi connectivity index (χ1n) is 10.7. The van der Waals surface area contributed by atoms with Gasteiger partial charge in [-0.25, -0.2) is 19.2 Å². The molecule has 1 aliphatic rings. The molecule has 0 unspecified atom stereocenters. The second-order valence-electron chi connectivity index (χ2n) is 8.03. The predicted octanol–water partition coefficient (Wildman–Crippen LogP) is 2.77. The van der Waals surface area contributed by atoms with Crippen LogP contribution in [0.25, 0.3) is 16.6 Å². The van der Waals surface area contributed by atoms with E-state index in [1.54, 1.807) is 23.0 Å². The number of hydrogen-bond donors (Lipinski definition) is 2. The van der Waals surface area contributed by atoms with E-state index in [0.29, 0.717) is 29.0 Å². The average Bonchev–Trinajstić information content (AvgIpc) is 3.42. The molecule has 0 radical (unpaired) electrons. The summed E-state index contributed by atoms with van der Waals surface area (Å²) in [4.78, 5) is 37.5. The number of carbonyl (C=O) groups is 2. The molecule has 1 amide bonds. The van der Waals surface area contributed by atoms with E-state index < -0.39 is 23.7 Å². The summed E-state index contributed by atoms with van der Waals surface area (Å²) in [7, 11) is 0. The van der Waals surface area contributed by atoms with Crippen molar-refractivity contribution in [2.75, 3.05) is 0 Å². The van der Waals surface area contributed by atoms with Crippen LogP contribution in [0.2, 0.25) is 0 Å². The molecule has 0 bridgehead atoms. The van der Waals surface area contributed by atoms with Crippen molar-refractivity contribution in [2.24, 2.45) is 0 Å². The molecular weight excluding hydrogens is 437 g/mol. The van der Waals surface area contributed by atoms with E-state index in [1.165, 1.54) is 12.3 Å². The van der Waals surface area contributed by atoms with Gasteiger partial charge in [-0.3, -0.25) is 9.78 Å². The molecule has 0 aliphatic heterocycles. The van der Waals surface area contributed by atoms with Crippen molar-refractivity contribution >= 4 is 28.5 Å². The van der Waals surface area contributed by atoms with Crippen molar-refractivity contribution in [3.63, 3.8) is 0 Å². The number of carboxylic acids is 1. The Kier molecular flexibility index (Phi) is 5.59. The predicted molar refractivity (Wildman–Crippen MR) is 122 cm³/mol. The number of aliphatic carboxylic acids is 1. The van der Waals surface area contributed by atoms with Gasteiger partial charge in [-0.05, 0) is 17.7 Å². The lowest BCUT2D eigenvalue weighted by Crippen LogP contribution is -2.43. The second kappa shape index (κ2) is 8.86. The highest BCUT2D eigenvalue weighted by molar-refractivity contribution is 5.86. The van der Waals surface area contributed by atoms with Crippen molar-refractivity contribution in [3.8, 4) is 0 Å². The lowest BCUT2D eigenvalue weighted by Gasteiger charge is -2.15. The van der Waals surface area contributed by atoms with Crippen molar-refractivity contribution in [1.82, 2.24) is 24.8 Å². The second-order valence-corrected chi connectivity index (χ2v) is 8.03. The Bertz CT molecular complexity index is 1430. The lowest BCUT2D eigenvalue weighted by molar-refractivity contribution is -0.141. The highest BCUT2D eigenvalue weighted by atomic mass is 19.1. The minimum absolute atomic E-state index is 0.107. The Balaban J connectivity index is 1.36. The third-order valence-corrected chi connectivity index (χ3v) is 5.70. The molecule has 34 heavy (non-hydrogen) atoms. The van der Waals surface area contributed by atoms with Gasteiger partial charge >= 0.3 is 5.97 Å². The van der Waals surface area contributed by atoms with Gasteiger partial charge in [-0.2, -0.15) is 0 Å². The number of pyridine rings is 1. The van der Waals surface area contributed by atoms with Crippen LogP contribution < -0.4 is 5.32 Å². The van der Waals surface area contributed by atoms with Gasteiger partial charge in [0, 0.05) is 41.8 Å². The van der Waals surface area contributed by atoms with Crippen molar-refractivity contribution in [3.05, 3.63) is 95.6 Å². The zero-order chi connectivity index (χ0) is 23.7. The van der Waals surface area contributed by atoms with Gasteiger partial charge < -0.3 is 15.0 Å². The van der Waals surface area contributed by atoms with Gasteiger partial charge in [0.15, 0.2) is 5.82 Å². The standard InChI is InChI=1S/C25H20FN5O3/c26-17-11-19-18(6-7-20(19)27-13-17)23-28-12-16-8-9-31(24(16)30-23)14-22(32)29-21(25(33)34)10-15-4-2-1-3-5-15/h1-6,8-9,11-13,21H,7,10,14H2,(H,29,32)(H,33,34)/t21-/m0/s1. The third kappa shape index (κ3) is 4.27. The molecule has 2 N–H and O–H groups in total. The molecule has 4 aromatic rings. The fourth-order valence-electron chi connectivity index (χ4n) is 4.06. The largest absolute Gasteiger partial charge is 0.480 e. The Morgan fingerprint density at radius 2 is 1.97 bits per heavy atom. The normalized spacial score (nSPS) is 13.4. The van der Waals surface area contributed by atoms with Crippen LogP contribution in [0.1, 0.15) is 22.6 Å². The number of fused-ring (bicyclic) bond motifs is 2. The summed E-state index contributed by atoms with van der Waals surface area (Å²) in [5, 5.41) is 12.9. The highest BCUT2D eigenvalue weighted by Gasteiger charge is 2.22. The molecule has 0 saturated heterocycles. The molecule has 0 spiro atoms. The summed E-state index contributed by atoms with van der Waals surface area (Å²) in [5.41, 5.74) is 3.44. The minimum atomic E-state index is -1.10. The average molecular weight is 457 g/mol. The fraction of sp³-hybridized carbons (Fsp3) is 0.160. The van der Waals surface area contributed by atoms with Gasteiger partial charge in [0.2, 0.25) is 5.91 Å². The first-order chi connectivity index (χ1) is 16.5. The molecule has 5 rings (SSSR count). The first kappa shape index (κ1) is 21.4. The fourth-order valence-corrected chi connectivity index (χ4v) is 4.06. The number of nitrogens with zero attached hydrogens (tertiary/aromatic N) is 4. The van der Waals surface area contributed by atoms with Crippen molar-refractivity contribution in [2.45, 2.75) is 25.4 Å². The van der Waals surface area contributed by atoms with Crippen LogP contribution in [0, 0.1) is 5.82 Å². The number of allylic oxidation sites excluding steroid dienone is 1. The molecule has 0 saturated carbocycles. The number of halogens is 1. The molecule has 8 nitrogen and oxygen atoms in total. The SMILES string of the molecule is O=C(Cn1ccc2cnc(C3=CCc4ncc(F)cc43)nc21)N[C@@H](Cc1ccccc1)C(=O)O. The number of nitrogens with one attached hydrogen (secondary N) is 1. The van der Waals surface area contributed by atoms with Gasteiger partial charge in [-0.1, -0.05) is 36.4 Å². The van der Waals surface area contributed by atoms with Gasteiger partial charge in [0.05, 0.1) is 11.9 Å². The maximum Gasteiger partial charge on any atom is 0.326 e. The highest BCUT2D eigenvalue weighted by Crippen LogP contribution is 2.30. The number of amides is 1. The quantitative estimate of drug-likeness (QED) is 0.442. The van der Waals surface area contributed by atoms with E-state index in [4.69, 9.17) is 0 Å². The zero-order valence-corrected chi connectivity index (χ0v) is 18.0. The van der Waals surface area contributed by atoms with Crippen LogP contribution in [-0.2, 0) is 29.0 Å². The lowest BCUT2D eigenvalue weighted by atomic mass is 10.1. The molecular formula is C25H20FN5O3. The van der Waals surface area contributed by atoms with Crippen LogP contribution in [0.4, 0.5) is 4.39 Å². The van der Waals surface area contributed by atoms with Gasteiger partial charge in [0.25, 0.3) is 0 Å². The number of aromatic nitrogens is 4. The van der Waals surface area contributed by atoms with Crippen LogP contribution in [-0.4, -0.2) is 42.5 Å². The number of benzene rings is 1. The number of carbonyl (C=O) groups excluding carboxylic acids is 1. The van der Waals surface area contributed by atoms with Crippen LogP contribution in [0.5, 0.6) is 0 Å². The van der Waals surface area contributed by atoms with Gasteiger partial charge in [0.1, 0.15) is 24.1 Å². The molecule has 1 aliphatic carbocycles. The molecule has 1 atom stereocenters. The summed E-state index contributed by atoms with van der Waals surface area (Å²) in [6.45, 7) is -0.107. The van der Waals surface area contributed by atoms with E-state index in [1.807, 2.05) is 36.4 Å². The first-order valence-corrected chi connectivity index (χ1v) is 10.7. The van der Waals surface area contributed by atoms with Gasteiger partial charge in [-0.15, -0.1) is 0 Å². The van der Waals surface area contributed by atoms with E-state index in [0.717, 1.165) is 16.6 Å². The molecule has 0 fully saturated rings. The summed E-state index contributed by atoms with van der Waals surface area (Å²) >= 11 is 0. The molecule has 1 aromatic carbocycles. The minimum Gasteiger partial charge on any atom is -0.480 e. The molecule has 170 valence electrons. The number of rotatable bonds is 7. The Morgan fingerprint density at radius 3 is 2.76 bits per heavy atom. The summed E-state index contributed by atoms with van der Waals surface area (Å²) in [6, 6.07) is 11.3. The monoisotopic (exact) mass is 457 g/mol. The zero-order valence-electron chi connectivity index (χ0n) is 18.0. The maximum absolute atomic E-state index is 13.7. The smallest absolute Gasteiger partial charge is 0.326 e. The Hall–Kier alpha value is -4.40. The van der Waals surface area contributed by atoms with Crippen molar-refractivity contribution < 1.29 is 19.1 Å². The third-order valence-electron chi connectivity index (χ3n) is 5.70. The van der Waals surface area contributed by atoms with E-state index in [2.05, 4.69) is 20.3 Å². The number of hydrogen-bond acceptors (Lipinski definition) is 5. The molecule has 3 heterocycles. The van der Waals surface area contributed by atoms with Crippen LogP contribution in [0.15, 0.2) is 67.1 Å². The Labute approximate surface area is 193 Å². The maximum atomic E-state index is 13.7. The van der Waals surface area contributed by atoms with E-state index in [9.17, 15) is 19.1 Å². The topological polar surface area (TPSA) is 110 Å². The molecule has 3 aromatic heterocycles. The summed E-state index contributed by atoms with van der Waals surface area (Å²) < 4.78 is 15.4. The Morgan fingerprint density at radius 1 is 1.15 bits per heavy atom. The number of carboxylic acid groups (broad SMARTS) is 1. The van der Waals surface area contributed by atoms with E-state index in [-0.39, 0.29) is 13.0 Å². The van der Waals surface area contributed by atoms with Crippen LogP contribution in [0.3, 0.4) is 0 Å². The van der Waals surface area contributed by atoms with Crippen molar-refractivity contribution in [1.29, 1.82) is 0 Å². The summed E-state index contributed by atoms with van der Waals surface area (Å²) in [5.74, 6) is -1.58. The molecule has 9 heteroatoms. The van der Waals surface area contributed by atoms with Crippen LogP contribution >= 0.6 is 0 Å². The summed E-state index contributed by atoms with van der Waals surface area (Å²) in [6.07, 6.45) is 7.18. The van der Waals surface area contributed by atoms with E-state index >= 15 is 0 Å².